The van der Waals surface area contributed by atoms with E-state index in [1.54, 1.807) is 0 Å². The number of aromatic carboxylic acids is 1. The van der Waals surface area contributed by atoms with Gasteiger partial charge in [0.1, 0.15) is 0 Å². The van der Waals surface area contributed by atoms with Gasteiger partial charge < -0.3 is 10.8 Å². The summed E-state index contributed by atoms with van der Waals surface area (Å²) in [5, 5.41) is 8.70. The zero-order valence-corrected chi connectivity index (χ0v) is 8.00. The van der Waals surface area contributed by atoms with Gasteiger partial charge in [-0.3, -0.25) is 4.98 Å². The van der Waals surface area contributed by atoms with Crippen molar-refractivity contribution in [2.75, 3.05) is 0 Å². The van der Waals surface area contributed by atoms with Gasteiger partial charge in [-0.05, 0) is 12.5 Å². The first kappa shape index (κ1) is 11.5. The molecule has 1 heterocycles. The quantitative estimate of drug-likeness (QED) is 0.802. The summed E-state index contributed by atoms with van der Waals surface area (Å²) >= 11 is 0. The summed E-state index contributed by atoms with van der Waals surface area (Å²) in [7, 11) is 0. The van der Waals surface area contributed by atoms with Gasteiger partial charge in [0.25, 0.3) is 6.43 Å². The molecular weight excluding hydrogens is 206 g/mol. The van der Waals surface area contributed by atoms with Crippen molar-refractivity contribution in [2.45, 2.75) is 19.9 Å². The van der Waals surface area contributed by atoms with Crippen molar-refractivity contribution in [3.05, 3.63) is 28.6 Å². The Hall–Kier alpha value is -1.56. The fourth-order valence-electron chi connectivity index (χ4n) is 1.32. The van der Waals surface area contributed by atoms with Crippen molar-refractivity contribution < 1.29 is 18.7 Å². The Morgan fingerprint density at radius 2 is 2.27 bits per heavy atom. The van der Waals surface area contributed by atoms with Crippen LogP contribution in [0.3, 0.4) is 0 Å². The number of hydrogen-bond acceptors (Lipinski definition) is 3. The van der Waals surface area contributed by atoms with Crippen LogP contribution in [0.25, 0.3) is 0 Å². The second kappa shape index (κ2) is 4.31. The first-order valence-corrected chi connectivity index (χ1v) is 4.19. The average molecular weight is 216 g/mol. The highest BCUT2D eigenvalue weighted by molar-refractivity contribution is 5.89. The fourth-order valence-corrected chi connectivity index (χ4v) is 1.32. The minimum absolute atomic E-state index is 0.00541. The number of alkyl halides is 2. The van der Waals surface area contributed by atoms with Gasteiger partial charge in [0.15, 0.2) is 0 Å². The largest absolute Gasteiger partial charge is 0.478 e. The number of aromatic nitrogens is 1. The molecule has 0 aliphatic heterocycles. The lowest BCUT2D eigenvalue weighted by Crippen LogP contribution is -2.11. The van der Waals surface area contributed by atoms with Crippen LogP contribution >= 0.6 is 0 Å². The summed E-state index contributed by atoms with van der Waals surface area (Å²) in [6.07, 6.45) is -1.93. The summed E-state index contributed by atoms with van der Waals surface area (Å²) in [4.78, 5) is 14.4. The molecule has 1 rings (SSSR count). The number of halogens is 2. The van der Waals surface area contributed by atoms with Crippen molar-refractivity contribution in [1.82, 2.24) is 4.98 Å². The normalized spacial score (nSPS) is 10.7. The molecule has 1 aromatic heterocycles. The molecule has 3 N–H and O–H groups in total. The Morgan fingerprint density at radius 3 is 2.67 bits per heavy atom. The van der Waals surface area contributed by atoms with Crippen LogP contribution in [-0.2, 0) is 6.54 Å². The summed E-state index contributed by atoms with van der Waals surface area (Å²) in [5.74, 6) is -1.41. The van der Waals surface area contributed by atoms with Crippen molar-refractivity contribution in [3.63, 3.8) is 0 Å². The smallest absolute Gasteiger partial charge is 0.337 e. The predicted octanol–water partition coefficient (Wildman–Crippen LogP) is 1.48. The van der Waals surface area contributed by atoms with E-state index in [0.717, 1.165) is 6.20 Å². The molecule has 6 heteroatoms. The molecule has 0 aliphatic rings. The summed E-state index contributed by atoms with van der Waals surface area (Å²) < 4.78 is 25.3. The number of nitrogens with two attached hydrogens (primary N) is 1. The zero-order valence-electron chi connectivity index (χ0n) is 8.00. The number of pyridine rings is 1. The maximum Gasteiger partial charge on any atom is 0.337 e. The molecule has 0 bridgehead atoms. The third-order valence-corrected chi connectivity index (χ3v) is 2.12. The van der Waals surface area contributed by atoms with Crippen molar-refractivity contribution in [3.8, 4) is 0 Å². The molecule has 0 saturated heterocycles. The molecule has 0 unspecified atom stereocenters. The maximum atomic E-state index is 12.6. The highest BCUT2D eigenvalue weighted by atomic mass is 19.3. The monoisotopic (exact) mass is 216 g/mol. The van der Waals surface area contributed by atoms with E-state index in [2.05, 4.69) is 4.98 Å². The van der Waals surface area contributed by atoms with Gasteiger partial charge in [-0.25, -0.2) is 13.6 Å². The second-order valence-corrected chi connectivity index (χ2v) is 2.97. The van der Waals surface area contributed by atoms with E-state index in [0.29, 0.717) is 0 Å². The highest BCUT2D eigenvalue weighted by Gasteiger charge is 2.22. The molecule has 0 radical (unpaired) electrons. The minimum Gasteiger partial charge on any atom is -0.478 e. The Kier molecular flexibility index (Phi) is 3.31. The van der Waals surface area contributed by atoms with Crippen molar-refractivity contribution in [1.29, 1.82) is 0 Å². The van der Waals surface area contributed by atoms with E-state index in [9.17, 15) is 13.6 Å². The third-order valence-electron chi connectivity index (χ3n) is 2.12. The van der Waals surface area contributed by atoms with Crippen LogP contribution in [0.4, 0.5) is 8.78 Å². The first-order chi connectivity index (χ1) is 6.99. The van der Waals surface area contributed by atoms with Crippen LogP contribution in [0.5, 0.6) is 0 Å². The molecule has 0 saturated carbocycles. The summed E-state index contributed by atoms with van der Waals surface area (Å²) in [6, 6.07) is 0. The van der Waals surface area contributed by atoms with Gasteiger partial charge in [-0.15, -0.1) is 0 Å². The molecule has 15 heavy (non-hydrogen) atoms. The Labute approximate surface area is 84.7 Å². The molecule has 0 aliphatic carbocycles. The number of carbonyl (C=O) groups is 1. The van der Waals surface area contributed by atoms with Crippen molar-refractivity contribution in [2.24, 2.45) is 5.73 Å². The molecule has 0 spiro atoms. The summed E-state index contributed by atoms with van der Waals surface area (Å²) in [5.41, 5.74) is 4.75. The predicted molar refractivity (Wildman–Crippen MR) is 48.8 cm³/mol. The molecule has 4 nitrogen and oxygen atoms in total. The lowest BCUT2D eigenvalue weighted by molar-refractivity contribution is 0.0683. The molecule has 0 amide bonds. The first-order valence-electron chi connectivity index (χ1n) is 4.19. The van der Waals surface area contributed by atoms with E-state index in [-0.39, 0.29) is 17.8 Å². The van der Waals surface area contributed by atoms with Crippen LogP contribution < -0.4 is 5.73 Å². The number of carboxylic acid groups (broad SMARTS) is 1. The number of rotatable bonds is 3. The van der Waals surface area contributed by atoms with Crippen LogP contribution in [0.1, 0.15) is 33.6 Å². The molecule has 0 atom stereocenters. The van der Waals surface area contributed by atoms with E-state index < -0.39 is 23.5 Å². The van der Waals surface area contributed by atoms with Gasteiger partial charge in [0.2, 0.25) is 0 Å². The van der Waals surface area contributed by atoms with E-state index in [1.807, 2.05) is 0 Å². The molecule has 1 aromatic rings. The van der Waals surface area contributed by atoms with Gasteiger partial charge in [0.05, 0.1) is 11.3 Å². The van der Waals surface area contributed by atoms with E-state index in [1.165, 1.54) is 6.92 Å². The average Bonchev–Trinajstić information content (AvgIpc) is 2.16. The lowest BCUT2D eigenvalue weighted by atomic mass is 10.0. The minimum atomic E-state index is -2.84. The van der Waals surface area contributed by atoms with Gasteiger partial charge >= 0.3 is 5.97 Å². The topological polar surface area (TPSA) is 76.2 Å². The summed E-state index contributed by atoms with van der Waals surface area (Å²) in [6.45, 7) is 1.40. The molecule has 0 fully saturated rings. The molecule has 82 valence electrons. The van der Waals surface area contributed by atoms with Gasteiger partial charge in [-0.2, -0.15) is 0 Å². The Bertz CT molecular complexity index is 394. The maximum absolute atomic E-state index is 12.6. The standard InChI is InChI=1S/C9H10F2N2O2/c1-4-6(2-12)13-3-5(9(14)15)7(4)8(10)11/h3,8H,2,12H2,1H3,(H,14,15). The highest BCUT2D eigenvalue weighted by Crippen LogP contribution is 2.27. The van der Waals surface area contributed by atoms with Gasteiger partial charge in [-0.1, -0.05) is 0 Å². The number of nitrogens with zero attached hydrogens (tertiary/aromatic N) is 1. The molecular formula is C9H10F2N2O2. The third kappa shape index (κ3) is 2.10. The second-order valence-electron chi connectivity index (χ2n) is 2.97. The molecule has 0 aromatic carbocycles. The van der Waals surface area contributed by atoms with Crippen LogP contribution in [0.2, 0.25) is 0 Å². The van der Waals surface area contributed by atoms with Crippen molar-refractivity contribution >= 4 is 5.97 Å². The van der Waals surface area contributed by atoms with Crippen LogP contribution in [0.15, 0.2) is 6.20 Å². The number of carboxylic acids is 1. The van der Waals surface area contributed by atoms with Gasteiger partial charge in [0, 0.05) is 18.3 Å². The van der Waals surface area contributed by atoms with Crippen LogP contribution in [0, 0.1) is 6.92 Å². The zero-order chi connectivity index (χ0) is 11.6. The number of hydrogen-bond donors (Lipinski definition) is 2. The van der Waals surface area contributed by atoms with E-state index >= 15 is 0 Å². The van der Waals surface area contributed by atoms with E-state index in [4.69, 9.17) is 10.8 Å². The lowest BCUT2D eigenvalue weighted by Gasteiger charge is -2.11. The Morgan fingerprint density at radius 1 is 1.67 bits per heavy atom. The Balaban J connectivity index is 3.44. The SMILES string of the molecule is Cc1c(CN)ncc(C(=O)O)c1C(F)F. The fraction of sp³-hybridized carbons (Fsp3) is 0.333. The van der Waals surface area contributed by atoms with Crippen LogP contribution in [-0.4, -0.2) is 16.1 Å².